The van der Waals surface area contributed by atoms with Gasteiger partial charge in [-0.05, 0) is 49.1 Å². The Morgan fingerprint density at radius 2 is 2.00 bits per heavy atom. The Balaban J connectivity index is 1.78. The van der Waals surface area contributed by atoms with Crippen molar-refractivity contribution in [2.75, 3.05) is 0 Å². The van der Waals surface area contributed by atoms with Crippen molar-refractivity contribution in [2.45, 2.75) is 26.8 Å². The number of carbonyl (C=O) groups excluding carboxylic acids is 1. The zero-order valence-corrected chi connectivity index (χ0v) is 18.1. The van der Waals surface area contributed by atoms with E-state index in [1.165, 1.54) is 22.2 Å². The summed E-state index contributed by atoms with van der Waals surface area (Å²) in [5.74, 6) is -0.230. The van der Waals surface area contributed by atoms with Crippen molar-refractivity contribution < 1.29 is 4.79 Å². The number of aromatic nitrogens is 3. The van der Waals surface area contributed by atoms with E-state index in [2.05, 4.69) is 21.4 Å². The number of thiophene rings is 1. The molecule has 0 aliphatic carbocycles. The second-order valence-electron chi connectivity index (χ2n) is 7.45. The fourth-order valence-corrected chi connectivity index (χ4v) is 4.70. The molecule has 7 heteroatoms. The van der Waals surface area contributed by atoms with E-state index in [4.69, 9.17) is 0 Å². The normalized spacial score (nSPS) is 12.1. The SMILES string of the molecule is Cc1ccc([C@H](NC(=O)c2sc3ncn(C)c(=O)c3c2C)c2cccnc2)c(C)c1. The van der Waals surface area contributed by atoms with Gasteiger partial charge in [-0.2, -0.15) is 0 Å². The molecular weight excluding hydrogens is 396 g/mol. The zero-order chi connectivity index (χ0) is 21.4. The molecule has 0 fully saturated rings. The largest absolute Gasteiger partial charge is 0.340 e. The lowest BCUT2D eigenvalue weighted by Gasteiger charge is -2.21. The third kappa shape index (κ3) is 3.52. The van der Waals surface area contributed by atoms with E-state index in [0.29, 0.717) is 20.7 Å². The Morgan fingerprint density at radius 1 is 1.20 bits per heavy atom. The highest BCUT2D eigenvalue weighted by molar-refractivity contribution is 7.20. The third-order valence-corrected chi connectivity index (χ3v) is 6.44. The molecule has 1 atom stereocenters. The van der Waals surface area contributed by atoms with Gasteiger partial charge in [0.15, 0.2) is 0 Å². The van der Waals surface area contributed by atoms with E-state index in [1.54, 1.807) is 26.4 Å². The first kappa shape index (κ1) is 20.0. The van der Waals surface area contributed by atoms with Gasteiger partial charge in [0, 0.05) is 19.4 Å². The molecule has 152 valence electrons. The van der Waals surface area contributed by atoms with Crippen LogP contribution in [0.2, 0.25) is 0 Å². The van der Waals surface area contributed by atoms with Crippen LogP contribution >= 0.6 is 11.3 Å². The number of pyridine rings is 1. The number of rotatable bonds is 4. The van der Waals surface area contributed by atoms with Crippen LogP contribution in [0.5, 0.6) is 0 Å². The van der Waals surface area contributed by atoms with Gasteiger partial charge in [0.1, 0.15) is 4.83 Å². The molecule has 30 heavy (non-hydrogen) atoms. The summed E-state index contributed by atoms with van der Waals surface area (Å²) < 4.78 is 1.43. The highest BCUT2D eigenvalue weighted by Crippen LogP contribution is 2.30. The summed E-state index contributed by atoms with van der Waals surface area (Å²) in [6.07, 6.45) is 4.96. The topological polar surface area (TPSA) is 76.9 Å². The quantitative estimate of drug-likeness (QED) is 0.546. The van der Waals surface area contributed by atoms with Gasteiger partial charge in [-0.25, -0.2) is 4.98 Å². The fraction of sp³-hybridized carbons (Fsp3) is 0.217. The Morgan fingerprint density at radius 3 is 2.70 bits per heavy atom. The molecule has 0 aliphatic rings. The molecule has 1 N–H and O–H groups in total. The Labute approximate surface area is 178 Å². The lowest BCUT2D eigenvalue weighted by atomic mass is 9.94. The summed E-state index contributed by atoms with van der Waals surface area (Å²) in [6, 6.07) is 9.63. The summed E-state index contributed by atoms with van der Waals surface area (Å²) in [4.78, 5) is 35.4. The summed E-state index contributed by atoms with van der Waals surface area (Å²) in [5.41, 5.74) is 4.67. The van der Waals surface area contributed by atoms with Crippen LogP contribution in [0.25, 0.3) is 10.2 Å². The van der Waals surface area contributed by atoms with Gasteiger partial charge in [0.25, 0.3) is 11.5 Å². The van der Waals surface area contributed by atoms with Crippen molar-refractivity contribution >= 4 is 27.5 Å². The average Bonchev–Trinajstić information content (AvgIpc) is 3.07. The number of nitrogens with zero attached hydrogens (tertiary/aromatic N) is 3. The second-order valence-corrected chi connectivity index (χ2v) is 8.45. The standard InChI is InChI=1S/C23H22N4O2S/c1-13-7-8-17(14(2)10-13)19(16-6-5-9-24-11-16)26-21(28)20-15(3)18-22(30-20)25-12-27(4)23(18)29/h5-12,19H,1-4H3,(H,26,28)/t19-/m1/s1. The summed E-state index contributed by atoms with van der Waals surface area (Å²) >= 11 is 1.24. The van der Waals surface area contributed by atoms with Crippen LogP contribution in [-0.2, 0) is 7.05 Å². The summed E-state index contributed by atoms with van der Waals surface area (Å²) in [5, 5.41) is 3.66. The average molecular weight is 419 g/mol. The molecule has 4 rings (SSSR count). The lowest BCUT2D eigenvalue weighted by molar-refractivity contribution is 0.0946. The zero-order valence-electron chi connectivity index (χ0n) is 17.3. The maximum atomic E-state index is 13.3. The maximum Gasteiger partial charge on any atom is 0.262 e. The van der Waals surface area contributed by atoms with Crippen LogP contribution in [0, 0.1) is 20.8 Å². The van der Waals surface area contributed by atoms with Crippen LogP contribution in [0.15, 0.2) is 53.8 Å². The highest BCUT2D eigenvalue weighted by atomic mass is 32.1. The van der Waals surface area contributed by atoms with Crippen LogP contribution in [-0.4, -0.2) is 20.4 Å². The third-order valence-electron chi connectivity index (χ3n) is 5.25. The lowest BCUT2D eigenvalue weighted by Crippen LogP contribution is -2.30. The van der Waals surface area contributed by atoms with Gasteiger partial charge < -0.3 is 9.88 Å². The molecule has 0 bridgehead atoms. The van der Waals surface area contributed by atoms with Gasteiger partial charge in [0.2, 0.25) is 0 Å². The van der Waals surface area contributed by atoms with Crippen molar-refractivity contribution in [3.8, 4) is 0 Å². The molecule has 0 saturated heterocycles. The van der Waals surface area contributed by atoms with E-state index in [-0.39, 0.29) is 17.5 Å². The monoisotopic (exact) mass is 418 g/mol. The first-order valence-corrected chi connectivity index (χ1v) is 10.4. The van der Waals surface area contributed by atoms with Crippen molar-refractivity contribution in [3.63, 3.8) is 0 Å². The van der Waals surface area contributed by atoms with E-state index < -0.39 is 0 Å². The van der Waals surface area contributed by atoms with Gasteiger partial charge in [-0.1, -0.05) is 29.8 Å². The van der Waals surface area contributed by atoms with E-state index in [1.807, 2.05) is 38.1 Å². The van der Waals surface area contributed by atoms with Crippen LogP contribution < -0.4 is 10.9 Å². The van der Waals surface area contributed by atoms with E-state index in [0.717, 1.165) is 22.3 Å². The minimum atomic E-state index is -0.354. The maximum absolute atomic E-state index is 13.3. The van der Waals surface area contributed by atoms with Crippen molar-refractivity contribution in [1.82, 2.24) is 19.9 Å². The number of nitrogens with one attached hydrogen (secondary N) is 1. The molecule has 0 unspecified atom stereocenters. The molecule has 1 aromatic carbocycles. The number of benzene rings is 1. The van der Waals surface area contributed by atoms with Gasteiger partial charge >= 0.3 is 0 Å². The molecular formula is C23H22N4O2S. The molecule has 0 aliphatic heterocycles. The number of fused-ring (bicyclic) bond motifs is 1. The molecule has 3 aromatic heterocycles. The van der Waals surface area contributed by atoms with E-state index in [9.17, 15) is 9.59 Å². The molecule has 0 radical (unpaired) electrons. The van der Waals surface area contributed by atoms with Crippen LogP contribution in [0.1, 0.15) is 43.5 Å². The molecule has 4 aromatic rings. The molecule has 3 heterocycles. The van der Waals surface area contributed by atoms with Crippen molar-refractivity contribution in [3.05, 3.63) is 92.1 Å². The Bertz CT molecular complexity index is 1310. The van der Waals surface area contributed by atoms with E-state index >= 15 is 0 Å². The Hall–Kier alpha value is -3.32. The predicted octanol–water partition coefficient (Wildman–Crippen LogP) is 3.83. The predicted molar refractivity (Wildman–Crippen MR) is 119 cm³/mol. The van der Waals surface area contributed by atoms with Crippen molar-refractivity contribution in [1.29, 1.82) is 0 Å². The summed E-state index contributed by atoms with van der Waals surface area (Å²) in [7, 11) is 1.66. The second kappa shape index (κ2) is 7.84. The number of hydrogen-bond acceptors (Lipinski definition) is 5. The fourth-order valence-electron chi connectivity index (χ4n) is 3.66. The molecule has 0 saturated carbocycles. The smallest absolute Gasteiger partial charge is 0.262 e. The van der Waals surface area contributed by atoms with Crippen molar-refractivity contribution in [2.24, 2.45) is 7.05 Å². The molecule has 6 nitrogen and oxygen atoms in total. The number of hydrogen-bond donors (Lipinski definition) is 1. The number of carbonyl (C=O) groups is 1. The molecule has 0 spiro atoms. The van der Waals surface area contributed by atoms with Gasteiger partial charge in [-0.3, -0.25) is 14.6 Å². The van der Waals surface area contributed by atoms with Crippen LogP contribution in [0.3, 0.4) is 0 Å². The summed E-state index contributed by atoms with van der Waals surface area (Å²) in [6.45, 7) is 5.88. The minimum absolute atomic E-state index is 0.147. The number of aryl methyl sites for hydroxylation is 4. The minimum Gasteiger partial charge on any atom is -0.340 e. The van der Waals surface area contributed by atoms with Crippen LogP contribution in [0.4, 0.5) is 0 Å². The number of amides is 1. The first-order valence-electron chi connectivity index (χ1n) is 9.59. The highest BCUT2D eigenvalue weighted by Gasteiger charge is 2.24. The van der Waals surface area contributed by atoms with Gasteiger partial charge in [-0.15, -0.1) is 11.3 Å². The Kier molecular flexibility index (Phi) is 5.22. The first-order chi connectivity index (χ1) is 14.4. The molecule has 1 amide bonds. The van der Waals surface area contributed by atoms with Gasteiger partial charge in [0.05, 0.1) is 22.6 Å².